The summed E-state index contributed by atoms with van der Waals surface area (Å²) in [5.74, 6) is -0.638. The first-order chi connectivity index (χ1) is 17.0. The summed E-state index contributed by atoms with van der Waals surface area (Å²) in [6.07, 6.45) is 3.09. The largest absolute Gasteiger partial charge is 0.482 e. The molecule has 178 valence electrons. The van der Waals surface area contributed by atoms with Crippen LogP contribution in [-0.4, -0.2) is 39.6 Å². The molecule has 3 aromatic carbocycles. The van der Waals surface area contributed by atoms with E-state index >= 15 is 0 Å². The van der Waals surface area contributed by atoms with Crippen molar-refractivity contribution in [2.24, 2.45) is 0 Å². The van der Waals surface area contributed by atoms with E-state index < -0.39 is 18.6 Å². The Labute approximate surface area is 208 Å². The number of aromatic nitrogens is 1. The highest BCUT2D eigenvalue weighted by atomic mass is 35.5. The van der Waals surface area contributed by atoms with Crippen LogP contribution in [0.4, 0.5) is 0 Å². The quantitative estimate of drug-likeness (QED) is 0.382. The molecule has 0 radical (unpaired) electrons. The zero-order valence-corrected chi connectivity index (χ0v) is 19.8. The highest BCUT2D eigenvalue weighted by Crippen LogP contribution is 2.40. The molecule has 1 aliphatic heterocycles. The second-order valence-electron chi connectivity index (χ2n) is 8.62. The summed E-state index contributed by atoms with van der Waals surface area (Å²) in [6, 6.07) is 22.9. The number of fused-ring (bicyclic) bond motifs is 2. The van der Waals surface area contributed by atoms with E-state index in [1.165, 1.54) is 0 Å². The summed E-state index contributed by atoms with van der Waals surface area (Å²) in [5, 5.41) is 10.8. The number of halogens is 1. The predicted molar refractivity (Wildman–Crippen MR) is 135 cm³/mol. The maximum absolute atomic E-state index is 13.6. The molecule has 4 aromatic rings. The molecule has 0 fully saturated rings. The Kier molecular flexibility index (Phi) is 6.47. The van der Waals surface area contributed by atoms with Gasteiger partial charge in [0.25, 0.3) is 0 Å². The van der Waals surface area contributed by atoms with Crippen LogP contribution in [0, 0.1) is 0 Å². The van der Waals surface area contributed by atoms with Gasteiger partial charge in [-0.3, -0.25) is 4.79 Å². The molecule has 7 heteroatoms. The number of carbonyl (C=O) groups excluding carboxylic acids is 1. The first-order valence-electron chi connectivity index (χ1n) is 11.6. The van der Waals surface area contributed by atoms with Gasteiger partial charge in [0.2, 0.25) is 5.91 Å². The Morgan fingerprint density at radius 2 is 1.80 bits per heavy atom. The minimum absolute atomic E-state index is 0.0199. The number of para-hydroxylation sites is 1. The third-order valence-corrected chi connectivity index (χ3v) is 6.70. The maximum Gasteiger partial charge on any atom is 0.341 e. The van der Waals surface area contributed by atoms with Gasteiger partial charge in [-0.05, 0) is 53.3 Å². The molecule has 35 heavy (non-hydrogen) atoms. The molecule has 0 bridgehead atoms. The molecule has 5 rings (SSSR count). The summed E-state index contributed by atoms with van der Waals surface area (Å²) in [5.41, 5.74) is 3.94. The molecule has 1 N–H and O–H groups in total. The van der Waals surface area contributed by atoms with Crippen LogP contribution in [0.5, 0.6) is 5.75 Å². The number of carbonyl (C=O) groups is 2. The van der Waals surface area contributed by atoms with E-state index in [1.54, 1.807) is 18.2 Å². The first kappa shape index (κ1) is 23.0. The monoisotopic (exact) mass is 488 g/mol. The Balaban J connectivity index is 1.48. The molecule has 0 saturated carbocycles. The lowest BCUT2D eigenvalue weighted by molar-refractivity contribution is -0.139. The van der Waals surface area contributed by atoms with Crippen molar-refractivity contribution in [2.45, 2.75) is 25.4 Å². The minimum Gasteiger partial charge on any atom is -0.482 e. The van der Waals surface area contributed by atoms with Crippen molar-refractivity contribution in [1.82, 2.24) is 9.47 Å². The van der Waals surface area contributed by atoms with E-state index in [-0.39, 0.29) is 5.91 Å². The molecule has 2 heterocycles. The van der Waals surface area contributed by atoms with Gasteiger partial charge in [-0.1, -0.05) is 54.1 Å². The van der Waals surface area contributed by atoms with Gasteiger partial charge in [0, 0.05) is 41.8 Å². The molecule has 0 aliphatic carbocycles. The Hall–Kier alpha value is -3.77. The smallest absolute Gasteiger partial charge is 0.341 e. The number of aryl methyl sites for hydroxylation is 1. The van der Waals surface area contributed by atoms with Crippen LogP contribution in [0.15, 0.2) is 79.0 Å². The van der Waals surface area contributed by atoms with E-state index in [1.807, 2.05) is 41.4 Å². The van der Waals surface area contributed by atoms with Gasteiger partial charge in [0.15, 0.2) is 6.61 Å². The molecule has 0 saturated heterocycles. The molecule has 1 amide bonds. The predicted octanol–water partition coefficient (Wildman–Crippen LogP) is 5.32. The molecular formula is C28H25ClN2O4. The van der Waals surface area contributed by atoms with Crippen molar-refractivity contribution in [3.05, 3.63) is 101 Å². The van der Waals surface area contributed by atoms with Crippen LogP contribution >= 0.6 is 11.6 Å². The second kappa shape index (κ2) is 9.84. The standard InChI is InChI=1S/C28H25ClN2O4/c29-21-9-10-25(35-18-27(33)34)23(17-21)28-22-7-3-1-5-19(22)12-16-31(28)26(32)13-15-30-14-11-20-6-2-4-8-24(20)30/h1-11,14,17,28H,12-13,15-16,18H2,(H,33,34). The molecule has 6 nitrogen and oxygen atoms in total. The topological polar surface area (TPSA) is 71.8 Å². The average Bonchev–Trinajstić information content (AvgIpc) is 3.29. The SMILES string of the molecule is O=C(O)COc1ccc(Cl)cc1C1c2ccccc2CCN1C(=O)CCn1ccc2ccccc21. The van der Waals surface area contributed by atoms with Gasteiger partial charge in [0.1, 0.15) is 5.75 Å². The van der Waals surface area contributed by atoms with Crippen LogP contribution in [0.1, 0.15) is 29.2 Å². The van der Waals surface area contributed by atoms with Crippen molar-refractivity contribution < 1.29 is 19.4 Å². The normalized spacial score (nSPS) is 15.1. The lowest BCUT2D eigenvalue weighted by Crippen LogP contribution is -2.41. The fourth-order valence-electron chi connectivity index (χ4n) is 4.87. The lowest BCUT2D eigenvalue weighted by atomic mass is 9.87. The van der Waals surface area contributed by atoms with E-state index in [9.17, 15) is 9.59 Å². The Bertz CT molecular complexity index is 1400. The molecular weight excluding hydrogens is 464 g/mol. The highest BCUT2D eigenvalue weighted by Gasteiger charge is 2.33. The third-order valence-electron chi connectivity index (χ3n) is 6.47. The summed E-state index contributed by atoms with van der Waals surface area (Å²) in [4.78, 5) is 26.7. The van der Waals surface area contributed by atoms with E-state index in [0.29, 0.717) is 35.8 Å². The van der Waals surface area contributed by atoms with Crippen LogP contribution in [0.3, 0.4) is 0 Å². The second-order valence-corrected chi connectivity index (χ2v) is 9.06. The molecule has 1 unspecified atom stereocenters. The van der Waals surface area contributed by atoms with Crippen molar-refractivity contribution in [3.63, 3.8) is 0 Å². The fourth-order valence-corrected chi connectivity index (χ4v) is 5.05. The zero-order chi connectivity index (χ0) is 24.4. The first-order valence-corrected chi connectivity index (χ1v) is 11.9. The Morgan fingerprint density at radius 1 is 1.00 bits per heavy atom. The number of rotatable bonds is 7. The highest BCUT2D eigenvalue weighted by molar-refractivity contribution is 6.30. The number of nitrogens with zero attached hydrogens (tertiary/aromatic N) is 2. The summed E-state index contributed by atoms with van der Waals surface area (Å²) in [6.45, 7) is 0.643. The number of hydrogen-bond acceptors (Lipinski definition) is 3. The number of amides is 1. The van der Waals surface area contributed by atoms with Gasteiger partial charge in [-0.25, -0.2) is 4.79 Å². The van der Waals surface area contributed by atoms with Gasteiger partial charge < -0.3 is 19.3 Å². The lowest BCUT2D eigenvalue weighted by Gasteiger charge is -2.38. The number of benzene rings is 3. The minimum atomic E-state index is -1.07. The molecule has 1 atom stereocenters. The van der Waals surface area contributed by atoms with E-state index in [2.05, 4.69) is 28.8 Å². The van der Waals surface area contributed by atoms with Crippen LogP contribution in [0.25, 0.3) is 10.9 Å². The number of carboxylic acids is 1. The summed E-state index contributed by atoms with van der Waals surface area (Å²) < 4.78 is 7.71. The van der Waals surface area contributed by atoms with Crippen LogP contribution in [0.2, 0.25) is 5.02 Å². The van der Waals surface area contributed by atoms with E-state index in [4.69, 9.17) is 21.4 Å². The summed E-state index contributed by atoms with van der Waals surface area (Å²) >= 11 is 6.36. The van der Waals surface area contributed by atoms with E-state index in [0.717, 1.165) is 28.5 Å². The van der Waals surface area contributed by atoms with Crippen molar-refractivity contribution >= 4 is 34.4 Å². The third kappa shape index (κ3) is 4.75. The van der Waals surface area contributed by atoms with Gasteiger partial charge in [-0.2, -0.15) is 0 Å². The molecule has 0 spiro atoms. The van der Waals surface area contributed by atoms with Gasteiger partial charge in [-0.15, -0.1) is 0 Å². The maximum atomic E-state index is 13.6. The Morgan fingerprint density at radius 3 is 2.66 bits per heavy atom. The van der Waals surface area contributed by atoms with Crippen LogP contribution < -0.4 is 4.74 Å². The number of hydrogen-bond donors (Lipinski definition) is 1. The van der Waals surface area contributed by atoms with Crippen molar-refractivity contribution in [3.8, 4) is 5.75 Å². The average molecular weight is 489 g/mol. The zero-order valence-electron chi connectivity index (χ0n) is 19.1. The van der Waals surface area contributed by atoms with Gasteiger partial charge >= 0.3 is 5.97 Å². The fraction of sp³-hybridized carbons (Fsp3) is 0.214. The molecule has 1 aromatic heterocycles. The van der Waals surface area contributed by atoms with Gasteiger partial charge in [0.05, 0.1) is 6.04 Å². The summed E-state index contributed by atoms with van der Waals surface area (Å²) in [7, 11) is 0. The molecule has 1 aliphatic rings. The van der Waals surface area contributed by atoms with Crippen molar-refractivity contribution in [2.75, 3.05) is 13.2 Å². The van der Waals surface area contributed by atoms with Crippen molar-refractivity contribution in [1.29, 1.82) is 0 Å². The van der Waals surface area contributed by atoms with Crippen LogP contribution in [-0.2, 0) is 22.6 Å². The number of carboxylic acid groups (broad SMARTS) is 1. The number of ether oxygens (including phenoxy) is 1. The number of aliphatic carboxylic acids is 1.